The summed E-state index contributed by atoms with van der Waals surface area (Å²) in [6.07, 6.45) is 0.111. The maximum atomic E-state index is 12.9. The minimum absolute atomic E-state index is 0.0365. The molecule has 1 aromatic rings. The highest BCUT2D eigenvalue weighted by molar-refractivity contribution is 5.76. The van der Waals surface area contributed by atoms with Crippen molar-refractivity contribution in [3.63, 3.8) is 0 Å². The lowest BCUT2D eigenvalue weighted by Crippen LogP contribution is -2.46. The number of carbonyl (C=O) groups excluding carboxylic acids is 1. The lowest BCUT2D eigenvalue weighted by Gasteiger charge is -2.37. The largest absolute Gasteiger partial charge is 0.367 e. The fourth-order valence-electron chi connectivity index (χ4n) is 2.30. The first-order chi connectivity index (χ1) is 9.10. The van der Waals surface area contributed by atoms with Crippen molar-refractivity contribution in [3.05, 3.63) is 35.6 Å². The molecule has 104 valence electrons. The molecular weight excluding hydrogens is 247 g/mol. The van der Waals surface area contributed by atoms with E-state index in [2.05, 4.69) is 0 Å². The summed E-state index contributed by atoms with van der Waals surface area (Å²) in [6.45, 7) is 3.36. The van der Waals surface area contributed by atoms with Crippen LogP contribution in [-0.4, -0.2) is 36.5 Å². The molecule has 1 aliphatic heterocycles. The molecule has 1 fully saturated rings. The van der Waals surface area contributed by atoms with Gasteiger partial charge in [0.1, 0.15) is 11.9 Å². The topological polar surface area (TPSA) is 55.6 Å². The van der Waals surface area contributed by atoms with Crippen LogP contribution in [-0.2, 0) is 9.53 Å². The number of benzene rings is 1. The molecule has 0 aromatic heterocycles. The maximum absolute atomic E-state index is 12.9. The third kappa shape index (κ3) is 3.52. The standard InChI is InChI=1S/C14H19FN2O2/c1-10-8-17(14(18)6-7-16)9-13(19-10)11-2-4-12(15)5-3-11/h2-5,10,13H,6-9,16H2,1H3/t10-,13+/m0/s1. The molecule has 0 aliphatic carbocycles. The fraction of sp³-hybridized carbons (Fsp3) is 0.500. The number of nitrogens with two attached hydrogens (primary N) is 1. The summed E-state index contributed by atoms with van der Waals surface area (Å²) in [6, 6.07) is 6.21. The van der Waals surface area contributed by atoms with Crippen molar-refractivity contribution < 1.29 is 13.9 Å². The number of hydrogen-bond acceptors (Lipinski definition) is 3. The highest BCUT2D eigenvalue weighted by atomic mass is 19.1. The van der Waals surface area contributed by atoms with E-state index >= 15 is 0 Å². The zero-order chi connectivity index (χ0) is 13.8. The van der Waals surface area contributed by atoms with Crippen molar-refractivity contribution in [2.75, 3.05) is 19.6 Å². The van der Waals surface area contributed by atoms with Gasteiger partial charge in [-0.05, 0) is 24.6 Å². The van der Waals surface area contributed by atoms with Gasteiger partial charge in [-0.25, -0.2) is 4.39 Å². The number of nitrogens with zero attached hydrogens (tertiary/aromatic N) is 1. The van der Waals surface area contributed by atoms with Crippen LogP contribution in [0.4, 0.5) is 4.39 Å². The van der Waals surface area contributed by atoms with Crippen molar-refractivity contribution in [2.45, 2.75) is 25.6 Å². The molecule has 5 heteroatoms. The molecule has 2 N–H and O–H groups in total. The van der Waals surface area contributed by atoms with Gasteiger partial charge in [0.25, 0.3) is 0 Å². The fourth-order valence-corrected chi connectivity index (χ4v) is 2.30. The maximum Gasteiger partial charge on any atom is 0.224 e. The number of ether oxygens (including phenoxy) is 1. The van der Waals surface area contributed by atoms with Crippen LogP contribution in [0, 0.1) is 5.82 Å². The molecule has 19 heavy (non-hydrogen) atoms. The van der Waals surface area contributed by atoms with E-state index in [4.69, 9.17) is 10.5 Å². The highest BCUT2D eigenvalue weighted by Gasteiger charge is 2.28. The molecule has 4 nitrogen and oxygen atoms in total. The molecule has 0 unspecified atom stereocenters. The Morgan fingerprint density at radius 3 is 2.74 bits per heavy atom. The zero-order valence-electron chi connectivity index (χ0n) is 11.0. The Morgan fingerprint density at radius 1 is 1.42 bits per heavy atom. The number of carbonyl (C=O) groups is 1. The molecule has 1 amide bonds. The Balaban J connectivity index is 2.09. The van der Waals surface area contributed by atoms with Crippen molar-refractivity contribution in [2.24, 2.45) is 5.73 Å². The van der Waals surface area contributed by atoms with Crippen LogP contribution in [0.3, 0.4) is 0 Å². The molecule has 0 radical (unpaired) electrons. The van der Waals surface area contributed by atoms with E-state index in [-0.39, 0.29) is 23.9 Å². The quantitative estimate of drug-likeness (QED) is 0.901. The van der Waals surface area contributed by atoms with Gasteiger partial charge in [0.05, 0.1) is 12.6 Å². The summed E-state index contributed by atoms with van der Waals surface area (Å²) in [5, 5.41) is 0. The Morgan fingerprint density at radius 2 is 2.11 bits per heavy atom. The van der Waals surface area contributed by atoms with Crippen LogP contribution < -0.4 is 5.73 Å². The smallest absolute Gasteiger partial charge is 0.224 e. The summed E-state index contributed by atoms with van der Waals surface area (Å²) < 4.78 is 18.7. The van der Waals surface area contributed by atoms with Gasteiger partial charge in [-0.15, -0.1) is 0 Å². The van der Waals surface area contributed by atoms with E-state index in [1.165, 1.54) is 12.1 Å². The third-order valence-corrected chi connectivity index (χ3v) is 3.21. The highest BCUT2D eigenvalue weighted by Crippen LogP contribution is 2.25. The van der Waals surface area contributed by atoms with E-state index in [9.17, 15) is 9.18 Å². The first-order valence-corrected chi connectivity index (χ1v) is 6.49. The SMILES string of the molecule is C[C@H]1CN(C(=O)CCN)C[C@H](c2ccc(F)cc2)O1. The molecule has 1 saturated heterocycles. The van der Waals surface area contributed by atoms with Crippen LogP contribution in [0.25, 0.3) is 0 Å². The lowest BCUT2D eigenvalue weighted by atomic mass is 10.1. The Bertz CT molecular complexity index is 436. The molecule has 0 bridgehead atoms. The van der Waals surface area contributed by atoms with Crippen molar-refractivity contribution in [1.82, 2.24) is 4.90 Å². The van der Waals surface area contributed by atoms with Crippen LogP contribution in [0.1, 0.15) is 25.0 Å². The lowest BCUT2D eigenvalue weighted by molar-refractivity contribution is -0.144. The number of morpholine rings is 1. The van der Waals surface area contributed by atoms with Gasteiger partial charge >= 0.3 is 0 Å². The second-order valence-electron chi connectivity index (χ2n) is 4.82. The van der Waals surface area contributed by atoms with Crippen LogP contribution in [0.2, 0.25) is 0 Å². The monoisotopic (exact) mass is 266 g/mol. The van der Waals surface area contributed by atoms with Gasteiger partial charge in [0.2, 0.25) is 5.91 Å². The zero-order valence-corrected chi connectivity index (χ0v) is 11.0. The first kappa shape index (κ1) is 14.0. The normalized spacial score (nSPS) is 23.4. The number of hydrogen-bond donors (Lipinski definition) is 1. The molecule has 2 rings (SSSR count). The number of rotatable bonds is 3. The Hall–Kier alpha value is -1.46. The van der Waals surface area contributed by atoms with Gasteiger partial charge in [-0.2, -0.15) is 0 Å². The van der Waals surface area contributed by atoms with E-state index < -0.39 is 0 Å². The van der Waals surface area contributed by atoms with Crippen LogP contribution in [0.5, 0.6) is 0 Å². The molecule has 2 atom stereocenters. The Kier molecular flexibility index (Phi) is 4.50. The summed E-state index contributed by atoms with van der Waals surface area (Å²) in [5.41, 5.74) is 6.30. The number of amides is 1. The first-order valence-electron chi connectivity index (χ1n) is 6.49. The van der Waals surface area contributed by atoms with Gasteiger partial charge in [-0.3, -0.25) is 4.79 Å². The van der Waals surface area contributed by atoms with E-state index in [1.807, 2.05) is 6.92 Å². The summed E-state index contributed by atoms with van der Waals surface area (Å²) in [7, 11) is 0. The minimum atomic E-state index is -0.274. The van der Waals surface area contributed by atoms with Crippen LogP contribution in [0.15, 0.2) is 24.3 Å². The van der Waals surface area contributed by atoms with Gasteiger partial charge in [-0.1, -0.05) is 12.1 Å². The minimum Gasteiger partial charge on any atom is -0.367 e. The van der Waals surface area contributed by atoms with Crippen molar-refractivity contribution in [3.8, 4) is 0 Å². The predicted octanol–water partition coefficient (Wildman–Crippen LogP) is 1.46. The van der Waals surface area contributed by atoms with Gasteiger partial charge in [0.15, 0.2) is 0 Å². The van der Waals surface area contributed by atoms with E-state index in [0.717, 1.165) is 5.56 Å². The average molecular weight is 266 g/mol. The molecule has 1 heterocycles. The second-order valence-corrected chi connectivity index (χ2v) is 4.82. The molecule has 0 saturated carbocycles. The van der Waals surface area contributed by atoms with Gasteiger partial charge < -0.3 is 15.4 Å². The third-order valence-electron chi connectivity index (χ3n) is 3.21. The summed E-state index contributed by atoms with van der Waals surface area (Å²) >= 11 is 0. The van der Waals surface area contributed by atoms with Crippen LogP contribution >= 0.6 is 0 Å². The second kappa shape index (κ2) is 6.12. The van der Waals surface area contributed by atoms with E-state index in [0.29, 0.717) is 26.1 Å². The molecule has 0 spiro atoms. The Labute approximate surface area is 112 Å². The number of halogens is 1. The molecule has 1 aliphatic rings. The average Bonchev–Trinajstić information content (AvgIpc) is 2.39. The van der Waals surface area contributed by atoms with Gasteiger partial charge in [0, 0.05) is 19.5 Å². The van der Waals surface area contributed by atoms with E-state index in [1.54, 1.807) is 17.0 Å². The predicted molar refractivity (Wildman–Crippen MR) is 69.9 cm³/mol. The van der Waals surface area contributed by atoms with Crippen molar-refractivity contribution in [1.29, 1.82) is 0 Å². The summed E-state index contributed by atoms with van der Waals surface area (Å²) in [5.74, 6) is -0.228. The molecule has 1 aromatic carbocycles. The van der Waals surface area contributed by atoms with Crippen molar-refractivity contribution >= 4 is 5.91 Å². The molecular formula is C14H19FN2O2. The summed E-state index contributed by atoms with van der Waals surface area (Å²) in [4.78, 5) is 13.7.